The van der Waals surface area contributed by atoms with Gasteiger partial charge in [0.05, 0.1) is 12.2 Å². The summed E-state index contributed by atoms with van der Waals surface area (Å²) in [5.41, 5.74) is 2.51. The monoisotopic (exact) mass is 311 g/mol. The van der Waals surface area contributed by atoms with E-state index in [2.05, 4.69) is 15.6 Å². The highest BCUT2D eigenvalue weighted by Crippen LogP contribution is 2.09. The first-order valence-electron chi connectivity index (χ1n) is 7.08. The average molecular weight is 311 g/mol. The van der Waals surface area contributed by atoms with Gasteiger partial charge in [-0.2, -0.15) is 0 Å². The van der Waals surface area contributed by atoms with Gasteiger partial charge in [0.1, 0.15) is 0 Å². The number of hydrogen-bond donors (Lipinski definition) is 2. The number of pyridine rings is 1. The molecule has 1 heterocycles. The fourth-order valence-corrected chi connectivity index (χ4v) is 1.93. The van der Waals surface area contributed by atoms with Crippen LogP contribution in [0.5, 0.6) is 0 Å². The molecule has 0 aliphatic heterocycles. The van der Waals surface area contributed by atoms with Crippen LogP contribution in [0.25, 0.3) is 0 Å². The van der Waals surface area contributed by atoms with Gasteiger partial charge in [0, 0.05) is 16.9 Å². The summed E-state index contributed by atoms with van der Waals surface area (Å²) in [4.78, 5) is 39.0. The first-order valence-corrected chi connectivity index (χ1v) is 7.08. The van der Waals surface area contributed by atoms with Crippen molar-refractivity contribution in [2.24, 2.45) is 0 Å². The Morgan fingerprint density at radius 2 is 1.70 bits per heavy atom. The quantitative estimate of drug-likeness (QED) is 0.666. The molecule has 0 radical (unpaired) electrons. The first kappa shape index (κ1) is 16.4. The first-order chi connectivity index (χ1) is 11.0. The van der Waals surface area contributed by atoms with E-state index in [1.807, 2.05) is 19.1 Å². The molecule has 2 amide bonds. The molecule has 0 spiro atoms. The van der Waals surface area contributed by atoms with Crippen LogP contribution in [-0.4, -0.2) is 22.6 Å². The maximum atomic E-state index is 11.8. The van der Waals surface area contributed by atoms with Crippen molar-refractivity contribution in [3.05, 3.63) is 59.4 Å². The number of hydrogen-bond acceptors (Lipinski definition) is 4. The topological polar surface area (TPSA) is 88.2 Å². The molecule has 6 heteroatoms. The van der Waals surface area contributed by atoms with Gasteiger partial charge < -0.3 is 10.6 Å². The number of rotatable bonds is 4. The third-order valence-electron chi connectivity index (χ3n) is 3.13. The van der Waals surface area contributed by atoms with Crippen LogP contribution in [0.1, 0.15) is 28.7 Å². The molecule has 6 nitrogen and oxygen atoms in total. The van der Waals surface area contributed by atoms with Crippen LogP contribution >= 0.6 is 0 Å². The van der Waals surface area contributed by atoms with Crippen LogP contribution in [-0.2, 0) is 16.1 Å². The van der Waals surface area contributed by atoms with Crippen molar-refractivity contribution < 1.29 is 14.4 Å². The third-order valence-corrected chi connectivity index (χ3v) is 3.13. The summed E-state index contributed by atoms with van der Waals surface area (Å²) < 4.78 is 0. The van der Waals surface area contributed by atoms with Gasteiger partial charge in [0.25, 0.3) is 0 Å². The molecule has 1 aromatic heterocycles. The number of nitrogens with zero attached hydrogens (tertiary/aromatic N) is 1. The second-order valence-corrected chi connectivity index (χ2v) is 5.04. The van der Waals surface area contributed by atoms with Crippen molar-refractivity contribution >= 4 is 23.3 Å². The van der Waals surface area contributed by atoms with Gasteiger partial charge in [0.2, 0.25) is 0 Å². The number of carbonyl (C=O) groups excluding carboxylic acids is 3. The van der Waals surface area contributed by atoms with Crippen LogP contribution in [0.15, 0.2) is 42.5 Å². The minimum Gasteiger partial charge on any atom is -0.342 e. The number of nitrogens with one attached hydrogen (secondary N) is 2. The van der Waals surface area contributed by atoms with E-state index in [-0.39, 0.29) is 12.3 Å². The van der Waals surface area contributed by atoms with Gasteiger partial charge in [-0.3, -0.25) is 19.4 Å². The van der Waals surface area contributed by atoms with Crippen molar-refractivity contribution in [3.63, 3.8) is 0 Å². The number of amides is 2. The van der Waals surface area contributed by atoms with E-state index in [1.54, 1.807) is 30.3 Å². The number of aryl methyl sites for hydroxylation is 1. The Labute approximate surface area is 133 Å². The van der Waals surface area contributed by atoms with E-state index < -0.39 is 11.8 Å². The third kappa shape index (κ3) is 4.74. The molecule has 0 aliphatic rings. The molecule has 0 bridgehead atoms. The molecule has 2 N–H and O–H groups in total. The van der Waals surface area contributed by atoms with Gasteiger partial charge in [-0.25, -0.2) is 0 Å². The molecular formula is C17H17N3O3. The van der Waals surface area contributed by atoms with Crippen molar-refractivity contribution in [2.75, 3.05) is 5.32 Å². The second kappa shape index (κ2) is 7.31. The molecule has 1 aromatic carbocycles. The van der Waals surface area contributed by atoms with E-state index in [0.717, 1.165) is 5.69 Å². The number of aromatic nitrogens is 1. The second-order valence-electron chi connectivity index (χ2n) is 5.04. The maximum Gasteiger partial charge on any atom is 0.313 e. The van der Waals surface area contributed by atoms with E-state index >= 15 is 0 Å². The fourth-order valence-electron chi connectivity index (χ4n) is 1.93. The summed E-state index contributed by atoms with van der Waals surface area (Å²) in [6.07, 6.45) is 0. The molecule has 0 fully saturated rings. The summed E-state index contributed by atoms with van der Waals surface area (Å²) in [6.45, 7) is 3.49. The minimum absolute atomic E-state index is 0.0636. The van der Waals surface area contributed by atoms with Crippen LogP contribution in [0.2, 0.25) is 0 Å². The molecule has 118 valence electrons. The predicted molar refractivity (Wildman–Crippen MR) is 85.9 cm³/mol. The normalized spacial score (nSPS) is 10.0. The van der Waals surface area contributed by atoms with Gasteiger partial charge in [-0.05, 0) is 50.2 Å². The molecule has 0 unspecified atom stereocenters. The number of benzene rings is 1. The van der Waals surface area contributed by atoms with Crippen LogP contribution < -0.4 is 10.6 Å². The fraction of sp³-hybridized carbons (Fsp3) is 0.176. The van der Waals surface area contributed by atoms with Crippen LogP contribution in [0, 0.1) is 6.92 Å². The van der Waals surface area contributed by atoms with Gasteiger partial charge in [-0.15, -0.1) is 0 Å². The zero-order chi connectivity index (χ0) is 16.8. The highest BCUT2D eigenvalue weighted by molar-refractivity contribution is 6.39. The lowest BCUT2D eigenvalue weighted by Gasteiger charge is -2.07. The Bertz CT molecular complexity index is 739. The smallest absolute Gasteiger partial charge is 0.313 e. The Morgan fingerprint density at radius 1 is 1.00 bits per heavy atom. The highest BCUT2D eigenvalue weighted by atomic mass is 16.2. The molecular weight excluding hydrogens is 294 g/mol. The molecule has 0 saturated carbocycles. The summed E-state index contributed by atoms with van der Waals surface area (Å²) >= 11 is 0. The van der Waals surface area contributed by atoms with E-state index in [9.17, 15) is 14.4 Å². The Morgan fingerprint density at radius 3 is 2.30 bits per heavy atom. The minimum atomic E-state index is -0.770. The zero-order valence-electron chi connectivity index (χ0n) is 12.9. The Balaban J connectivity index is 1.89. The summed E-state index contributed by atoms with van der Waals surface area (Å²) in [7, 11) is 0. The van der Waals surface area contributed by atoms with Crippen molar-refractivity contribution in [1.29, 1.82) is 0 Å². The average Bonchev–Trinajstić information content (AvgIpc) is 2.53. The van der Waals surface area contributed by atoms with Crippen molar-refractivity contribution in [2.45, 2.75) is 20.4 Å². The Kier molecular flexibility index (Phi) is 5.19. The Hall–Kier alpha value is -3.02. The van der Waals surface area contributed by atoms with E-state index in [1.165, 1.54) is 6.92 Å². The molecule has 0 atom stereocenters. The van der Waals surface area contributed by atoms with Crippen molar-refractivity contribution in [3.8, 4) is 0 Å². The lowest BCUT2D eigenvalue weighted by molar-refractivity contribution is -0.136. The lowest BCUT2D eigenvalue weighted by atomic mass is 10.1. The number of carbonyl (C=O) groups is 3. The van der Waals surface area contributed by atoms with Crippen molar-refractivity contribution in [1.82, 2.24) is 10.3 Å². The lowest BCUT2D eigenvalue weighted by Crippen LogP contribution is -2.35. The largest absolute Gasteiger partial charge is 0.342 e. The molecule has 2 rings (SSSR count). The standard InChI is InChI=1S/C17H17N3O3/c1-11-4-3-5-15(19-11)10-18-16(22)17(23)20-14-8-6-13(7-9-14)12(2)21/h3-9H,10H2,1-2H3,(H,18,22)(H,20,23). The zero-order valence-corrected chi connectivity index (χ0v) is 12.9. The molecule has 0 aliphatic carbocycles. The van der Waals surface area contributed by atoms with Crippen LogP contribution in [0.4, 0.5) is 5.69 Å². The maximum absolute atomic E-state index is 11.8. The van der Waals surface area contributed by atoms with Gasteiger partial charge in [-0.1, -0.05) is 6.07 Å². The summed E-state index contributed by atoms with van der Waals surface area (Å²) in [5.74, 6) is -1.58. The number of ketones is 1. The summed E-state index contributed by atoms with van der Waals surface area (Å²) in [5, 5.41) is 4.98. The number of anilines is 1. The van der Waals surface area contributed by atoms with Crippen LogP contribution in [0.3, 0.4) is 0 Å². The van der Waals surface area contributed by atoms with Gasteiger partial charge in [0.15, 0.2) is 5.78 Å². The highest BCUT2D eigenvalue weighted by Gasteiger charge is 2.13. The van der Waals surface area contributed by atoms with E-state index in [0.29, 0.717) is 16.9 Å². The summed E-state index contributed by atoms with van der Waals surface area (Å²) in [6, 6.07) is 11.8. The van der Waals surface area contributed by atoms with Gasteiger partial charge >= 0.3 is 11.8 Å². The molecule has 23 heavy (non-hydrogen) atoms. The van der Waals surface area contributed by atoms with E-state index in [4.69, 9.17) is 0 Å². The molecule has 0 saturated heterocycles. The predicted octanol–water partition coefficient (Wildman–Crippen LogP) is 1.85. The SMILES string of the molecule is CC(=O)c1ccc(NC(=O)C(=O)NCc2cccc(C)n2)cc1. The molecule has 2 aromatic rings. The number of Topliss-reactive ketones (excluding diaryl/α,β-unsaturated/α-hetero) is 1.